The number of hydrogen-bond donors (Lipinski definition) is 1. The highest BCUT2D eigenvalue weighted by Crippen LogP contribution is 2.18. The van der Waals surface area contributed by atoms with E-state index in [0.29, 0.717) is 18.7 Å². The number of carbonyl (C=O) groups is 1. The molecule has 0 aliphatic carbocycles. The maximum Gasteiger partial charge on any atom is 0.251 e. The largest absolute Gasteiger partial charge is 0.491 e. The SMILES string of the molecule is CCOc1ccc(C(=O)NCCc2ccccc2)cc1F. The summed E-state index contributed by atoms with van der Waals surface area (Å²) < 4.78 is 18.8. The number of hydrogen-bond acceptors (Lipinski definition) is 2. The smallest absolute Gasteiger partial charge is 0.251 e. The molecule has 2 aromatic carbocycles. The quantitative estimate of drug-likeness (QED) is 0.886. The van der Waals surface area contributed by atoms with E-state index in [-0.39, 0.29) is 11.7 Å². The highest BCUT2D eigenvalue weighted by molar-refractivity contribution is 5.94. The first kappa shape index (κ1) is 15.0. The van der Waals surface area contributed by atoms with Gasteiger partial charge in [0.15, 0.2) is 11.6 Å². The van der Waals surface area contributed by atoms with E-state index < -0.39 is 5.82 Å². The molecule has 3 nitrogen and oxygen atoms in total. The lowest BCUT2D eigenvalue weighted by atomic mass is 10.1. The van der Waals surface area contributed by atoms with E-state index in [0.717, 1.165) is 12.0 Å². The topological polar surface area (TPSA) is 38.3 Å². The lowest BCUT2D eigenvalue weighted by molar-refractivity contribution is 0.0953. The molecule has 21 heavy (non-hydrogen) atoms. The van der Waals surface area contributed by atoms with Gasteiger partial charge >= 0.3 is 0 Å². The first-order chi connectivity index (χ1) is 10.2. The Morgan fingerprint density at radius 3 is 2.62 bits per heavy atom. The van der Waals surface area contributed by atoms with Gasteiger partial charge in [-0.2, -0.15) is 0 Å². The Hall–Kier alpha value is -2.36. The minimum atomic E-state index is -0.521. The molecule has 0 heterocycles. The van der Waals surface area contributed by atoms with E-state index in [1.54, 1.807) is 13.0 Å². The molecule has 0 aliphatic rings. The normalized spacial score (nSPS) is 10.2. The van der Waals surface area contributed by atoms with Crippen LogP contribution in [0.1, 0.15) is 22.8 Å². The summed E-state index contributed by atoms with van der Waals surface area (Å²) >= 11 is 0. The second kappa shape index (κ2) is 7.43. The zero-order chi connectivity index (χ0) is 15.1. The molecule has 0 saturated carbocycles. The van der Waals surface area contributed by atoms with Crippen LogP contribution >= 0.6 is 0 Å². The Balaban J connectivity index is 1.90. The number of amides is 1. The molecular weight excluding hydrogens is 269 g/mol. The van der Waals surface area contributed by atoms with Gasteiger partial charge in [-0.05, 0) is 37.1 Å². The molecule has 2 aromatic rings. The van der Waals surface area contributed by atoms with Crippen LogP contribution in [-0.2, 0) is 6.42 Å². The first-order valence-corrected chi connectivity index (χ1v) is 6.95. The van der Waals surface area contributed by atoms with Gasteiger partial charge in [-0.25, -0.2) is 4.39 Å². The van der Waals surface area contributed by atoms with E-state index in [1.165, 1.54) is 12.1 Å². The van der Waals surface area contributed by atoms with Gasteiger partial charge in [0.1, 0.15) is 0 Å². The van der Waals surface area contributed by atoms with E-state index in [2.05, 4.69) is 5.32 Å². The Morgan fingerprint density at radius 1 is 1.19 bits per heavy atom. The average molecular weight is 287 g/mol. The van der Waals surface area contributed by atoms with Crippen molar-refractivity contribution in [3.8, 4) is 5.75 Å². The molecule has 0 fully saturated rings. The van der Waals surface area contributed by atoms with Gasteiger partial charge in [-0.15, -0.1) is 0 Å². The van der Waals surface area contributed by atoms with E-state index in [1.807, 2.05) is 30.3 Å². The van der Waals surface area contributed by atoms with Gasteiger partial charge in [-0.1, -0.05) is 30.3 Å². The predicted molar refractivity (Wildman–Crippen MR) is 80.0 cm³/mol. The fourth-order valence-corrected chi connectivity index (χ4v) is 1.98. The van der Waals surface area contributed by atoms with Crippen molar-refractivity contribution in [1.29, 1.82) is 0 Å². The Labute approximate surface area is 123 Å². The van der Waals surface area contributed by atoms with Crippen LogP contribution < -0.4 is 10.1 Å². The monoisotopic (exact) mass is 287 g/mol. The van der Waals surface area contributed by atoms with Crippen molar-refractivity contribution < 1.29 is 13.9 Å². The molecule has 0 bridgehead atoms. The molecule has 0 aromatic heterocycles. The summed E-state index contributed by atoms with van der Waals surface area (Å²) in [4.78, 5) is 11.9. The highest BCUT2D eigenvalue weighted by Gasteiger charge is 2.09. The number of nitrogens with one attached hydrogen (secondary N) is 1. The third kappa shape index (κ3) is 4.31. The van der Waals surface area contributed by atoms with Gasteiger partial charge < -0.3 is 10.1 Å². The standard InChI is InChI=1S/C17H18FNO2/c1-2-21-16-9-8-14(12-15(16)18)17(20)19-11-10-13-6-4-3-5-7-13/h3-9,12H,2,10-11H2,1H3,(H,19,20). The van der Waals surface area contributed by atoms with Crippen molar-refractivity contribution in [1.82, 2.24) is 5.32 Å². The van der Waals surface area contributed by atoms with Crippen molar-refractivity contribution in [3.05, 3.63) is 65.5 Å². The minimum absolute atomic E-state index is 0.165. The average Bonchev–Trinajstić information content (AvgIpc) is 2.50. The number of benzene rings is 2. The van der Waals surface area contributed by atoms with E-state index in [9.17, 15) is 9.18 Å². The van der Waals surface area contributed by atoms with Gasteiger partial charge in [-0.3, -0.25) is 4.79 Å². The van der Waals surface area contributed by atoms with Gasteiger partial charge in [0.2, 0.25) is 0 Å². The Bertz CT molecular complexity index is 599. The van der Waals surface area contributed by atoms with Gasteiger partial charge in [0, 0.05) is 12.1 Å². The van der Waals surface area contributed by atoms with Crippen LogP contribution in [0.2, 0.25) is 0 Å². The van der Waals surface area contributed by atoms with Crippen molar-refractivity contribution in [3.63, 3.8) is 0 Å². The van der Waals surface area contributed by atoms with E-state index in [4.69, 9.17) is 4.74 Å². The molecule has 0 atom stereocenters. The highest BCUT2D eigenvalue weighted by atomic mass is 19.1. The summed E-state index contributed by atoms with van der Waals surface area (Å²) in [6.45, 7) is 2.68. The summed E-state index contributed by atoms with van der Waals surface area (Å²) in [5.41, 5.74) is 1.44. The summed E-state index contributed by atoms with van der Waals surface area (Å²) in [5, 5.41) is 2.78. The Kier molecular flexibility index (Phi) is 5.32. The number of halogens is 1. The summed E-state index contributed by atoms with van der Waals surface area (Å²) in [5.74, 6) is -0.640. The van der Waals surface area contributed by atoms with Crippen LogP contribution in [0, 0.1) is 5.82 Å². The molecule has 0 aliphatic heterocycles. The molecule has 2 rings (SSSR count). The van der Waals surface area contributed by atoms with Crippen LogP contribution in [0.5, 0.6) is 5.75 Å². The zero-order valence-electron chi connectivity index (χ0n) is 11.9. The molecule has 0 unspecified atom stereocenters. The van der Waals surface area contributed by atoms with Crippen molar-refractivity contribution in [2.75, 3.05) is 13.2 Å². The fraction of sp³-hybridized carbons (Fsp3) is 0.235. The maximum absolute atomic E-state index is 13.7. The van der Waals surface area contributed by atoms with Crippen molar-refractivity contribution in [2.45, 2.75) is 13.3 Å². The lowest BCUT2D eigenvalue weighted by Crippen LogP contribution is -2.25. The van der Waals surface area contributed by atoms with Crippen LogP contribution in [-0.4, -0.2) is 19.1 Å². The van der Waals surface area contributed by atoms with Crippen molar-refractivity contribution >= 4 is 5.91 Å². The Morgan fingerprint density at radius 2 is 1.95 bits per heavy atom. The zero-order valence-corrected chi connectivity index (χ0v) is 11.9. The lowest BCUT2D eigenvalue weighted by Gasteiger charge is -2.08. The predicted octanol–water partition coefficient (Wildman–Crippen LogP) is 3.20. The molecule has 0 radical (unpaired) electrons. The number of carbonyl (C=O) groups excluding carboxylic acids is 1. The first-order valence-electron chi connectivity index (χ1n) is 6.95. The fourth-order valence-electron chi connectivity index (χ4n) is 1.98. The van der Waals surface area contributed by atoms with Gasteiger partial charge in [0.25, 0.3) is 5.91 Å². The molecule has 0 spiro atoms. The second-order valence-electron chi connectivity index (χ2n) is 4.57. The molecule has 110 valence electrons. The molecule has 0 saturated heterocycles. The minimum Gasteiger partial charge on any atom is -0.491 e. The van der Waals surface area contributed by atoms with Crippen LogP contribution in [0.3, 0.4) is 0 Å². The number of rotatable bonds is 6. The maximum atomic E-state index is 13.7. The second-order valence-corrected chi connectivity index (χ2v) is 4.57. The third-order valence-electron chi connectivity index (χ3n) is 3.04. The summed E-state index contributed by atoms with van der Waals surface area (Å²) in [6.07, 6.45) is 0.742. The van der Waals surface area contributed by atoms with E-state index >= 15 is 0 Å². The molecule has 1 amide bonds. The summed E-state index contributed by atoms with van der Waals surface area (Å²) in [6, 6.07) is 14.1. The third-order valence-corrected chi connectivity index (χ3v) is 3.04. The molecular formula is C17H18FNO2. The van der Waals surface area contributed by atoms with Crippen LogP contribution in [0.25, 0.3) is 0 Å². The summed E-state index contributed by atoms with van der Waals surface area (Å²) in [7, 11) is 0. The van der Waals surface area contributed by atoms with Crippen LogP contribution in [0.4, 0.5) is 4.39 Å². The van der Waals surface area contributed by atoms with Crippen molar-refractivity contribution in [2.24, 2.45) is 0 Å². The molecule has 4 heteroatoms. The van der Waals surface area contributed by atoms with Gasteiger partial charge in [0.05, 0.1) is 6.61 Å². The molecule has 1 N–H and O–H groups in total. The van der Waals surface area contributed by atoms with Crippen LogP contribution in [0.15, 0.2) is 48.5 Å². The number of ether oxygens (including phenoxy) is 1.